The number of amides is 2. The number of ether oxygens (including phenoxy) is 2. The summed E-state index contributed by atoms with van der Waals surface area (Å²) in [6.07, 6.45) is 0.819. The van der Waals surface area contributed by atoms with Gasteiger partial charge in [0.2, 0.25) is 11.8 Å². The first-order valence-electron chi connectivity index (χ1n) is 8.91. The third-order valence-corrected chi connectivity index (χ3v) is 5.16. The number of carbonyl (C=O) groups excluding carboxylic acids is 2. The SMILES string of the molecule is CN(CC(=O)Nc1c(Cl)cccc1Cl)C(=O)Cc1cc(Cl)c2c(c1)OCCCO2. The minimum absolute atomic E-state index is 0.0625. The molecule has 0 aliphatic carbocycles. The summed E-state index contributed by atoms with van der Waals surface area (Å²) in [5, 5.41) is 3.66. The van der Waals surface area contributed by atoms with E-state index in [1.54, 1.807) is 37.4 Å². The third-order valence-electron chi connectivity index (χ3n) is 4.25. The summed E-state index contributed by atoms with van der Waals surface area (Å²) in [4.78, 5) is 26.2. The first-order chi connectivity index (χ1) is 13.8. The summed E-state index contributed by atoms with van der Waals surface area (Å²) in [5.74, 6) is 0.347. The molecule has 0 radical (unpaired) electrons. The molecule has 0 aromatic heterocycles. The molecule has 0 spiro atoms. The van der Waals surface area contributed by atoms with Crippen LogP contribution >= 0.6 is 34.8 Å². The number of para-hydroxylation sites is 1. The maximum Gasteiger partial charge on any atom is 0.244 e. The molecule has 2 amide bonds. The second-order valence-electron chi connectivity index (χ2n) is 6.53. The second-order valence-corrected chi connectivity index (χ2v) is 7.75. The fraction of sp³-hybridized carbons (Fsp3) is 0.300. The van der Waals surface area contributed by atoms with Crippen LogP contribution in [-0.2, 0) is 16.0 Å². The Morgan fingerprint density at radius 3 is 2.48 bits per heavy atom. The fourth-order valence-electron chi connectivity index (χ4n) is 2.80. The van der Waals surface area contributed by atoms with E-state index in [0.29, 0.717) is 51.0 Å². The van der Waals surface area contributed by atoms with Gasteiger partial charge in [-0.1, -0.05) is 40.9 Å². The first kappa shape index (κ1) is 21.6. The number of nitrogens with zero attached hydrogens (tertiary/aromatic N) is 1. The molecule has 1 N–H and O–H groups in total. The fourth-order valence-corrected chi connectivity index (χ4v) is 3.58. The average molecular weight is 458 g/mol. The lowest BCUT2D eigenvalue weighted by Gasteiger charge is -2.18. The predicted octanol–water partition coefficient (Wildman–Crippen LogP) is 4.45. The van der Waals surface area contributed by atoms with Gasteiger partial charge in [-0.15, -0.1) is 0 Å². The Kier molecular flexibility index (Phi) is 7.11. The average Bonchev–Trinajstić information content (AvgIpc) is 2.90. The summed E-state index contributed by atoms with van der Waals surface area (Å²) in [5.41, 5.74) is 0.988. The van der Waals surface area contributed by atoms with Crippen LogP contribution < -0.4 is 14.8 Å². The highest BCUT2D eigenvalue weighted by Gasteiger charge is 2.19. The summed E-state index contributed by atoms with van der Waals surface area (Å²) < 4.78 is 11.2. The summed E-state index contributed by atoms with van der Waals surface area (Å²) in [7, 11) is 1.54. The van der Waals surface area contributed by atoms with Gasteiger partial charge in [0, 0.05) is 13.5 Å². The van der Waals surface area contributed by atoms with E-state index in [-0.39, 0.29) is 18.9 Å². The van der Waals surface area contributed by atoms with Crippen molar-refractivity contribution in [2.45, 2.75) is 12.8 Å². The quantitative estimate of drug-likeness (QED) is 0.720. The molecule has 2 aromatic rings. The van der Waals surface area contributed by atoms with E-state index in [9.17, 15) is 9.59 Å². The van der Waals surface area contributed by atoms with Crippen molar-refractivity contribution in [2.75, 3.05) is 32.1 Å². The Hall–Kier alpha value is -2.15. The lowest BCUT2D eigenvalue weighted by Crippen LogP contribution is -2.35. The van der Waals surface area contributed by atoms with Crippen molar-refractivity contribution in [3.63, 3.8) is 0 Å². The van der Waals surface area contributed by atoms with Gasteiger partial charge in [-0.2, -0.15) is 0 Å². The molecule has 0 bridgehead atoms. The Bertz CT molecular complexity index is 916. The van der Waals surface area contributed by atoms with Gasteiger partial charge >= 0.3 is 0 Å². The summed E-state index contributed by atoms with van der Waals surface area (Å²) in [6.45, 7) is 0.891. The summed E-state index contributed by atoms with van der Waals surface area (Å²) >= 11 is 18.4. The number of fused-ring (bicyclic) bond motifs is 1. The van der Waals surface area contributed by atoms with Gasteiger partial charge in [0.1, 0.15) is 0 Å². The van der Waals surface area contributed by atoms with Gasteiger partial charge in [0.15, 0.2) is 11.5 Å². The van der Waals surface area contributed by atoms with Gasteiger partial charge in [0.05, 0.1) is 46.9 Å². The lowest BCUT2D eigenvalue weighted by atomic mass is 10.1. The molecule has 2 aromatic carbocycles. The van der Waals surface area contributed by atoms with Crippen LogP contribution in [0.1, 0.15) is 12.0 Å². The maximum absolute atomic E-state index is 12.6. The van der Waals surface area contributed by atoms with E-state index in [2.05, 4.69) is 5.32 Å². The van der Waals surface area contributed by atoms with Gasteiger partial charge in [-0.3, -0.25) is 9.59 Å². The normalized spacial score (nSPS) is 12.8. The van der Waals surface area contributed by atoms with Gasteiger partial charge < -0.3 is 19.7 Å². The molecule has 9 heteroatoms. The van der Waals surface area contributed by atoms with Crippen LogP contribution in [0.2, 0.25) is 15.1 Å². The van der Waals surface area contributed by atoms with Crippen LogP contribution in [0.5, 0.6) is 11.5 Å². The predicted molar refractivity (Wildman–Crippen MR) is 113 cm³/mol. The van der Waals surface area contributed by atoms with Crippen LogP contribution in [0, 0.1) is 0 Å². The molecule has 1 heterocycles. The monoisotopic (exact) mass is 456 g/mol. The van der Waals surface area contributed by atoms with Crippen molar-refractivity contribution in [3.05, 3.63) is 51.0 Å². The molecule has 3 rings (SSSR count). The second kappa shape index (κ2) is 9.57. The molecule has 0 saturated heterocycles. The van der Waals surface area contributed by atoms with Crippen molar-refractivity contribution in [2.24, 2.45) is 0 Å². The molecule has 6 nitrogen and oxygen atoms in total. The Morgan fingerprint density at radius 1 is 1.07 bits per heavy atom. The molecular formula is C20H19Cl3N2O4. The highest BCUT2D eigenvalue weighted by atomic mass is 35.5. The van der Waals surface area contributed by atoms with Gasteiger partial charge in [-0.25, -0.2) is 0 Å². The maximum atomic E-state index is 12.6. The smallest absolute Gasteiger partial charge is 0.244 e. The number of likely N-dealkylation sites (N-methyl/N-ethyl adjacent to an activating group) is 1. The number of hydrogen-bond donors (Lipinski definition) is 1. The van der Waals surface area contributed by atoms with Crippen molar-refractivity contribution < 1.29 is 19.1 Å². The highest BCUT2D eigenvalue weighted by molar-refractivity contribution is 6.39. The third kappa shape index (κ3) is 5.47. The molecule has 29 heavy (non-hydrogen) atoms. The summed E-state index contributed by atoms with van der Waals surface area (Å²) in [6, 6.07) is 8.32. The molecule has 0 saturated carbocycles. The number of anilines is 1. The van der Waals surface area contributed by atoms with E-state index < -0.39 is 5.91 Å². The molecule has 154 valence electrons. The van der Waals surface area contributed by atoms with Crippen LogP contribution in [0.15, 0.2) is 30.3 Å². The molecule has 0 fully saturated rings. The van der Waals surface area contributed by atoms with Gasteiger partial charge in [-0.05, 0) is 29.8 Å². The Labute approximate surface area is 183 Å². The van der Waals surface area contributed by atoms with Crippen LogP contribution in [0.4, 0.5) is 5.69 Å². The van der Waals surface area contributed by atoms with Crippen molar-refractivity contribution in [1.82, 2.24) is 4.90 Å². The van der Waals surface area contributed by atoms with Crippen LogP contribution in [0.3, 0.4) is 0 Å². The molecule has 0 atom stereocenters. The Morgan fingerprint density at radius 2 is 1.76 bits per heavy atom. The standard InChI is InChI=1S/C20H19Cl3N2O4/c1-25(11-17(26)24-19-13(21)4-2-5-14(19)22)18(27)10-12-8-15(23)20-16(9-12)28-6-3-7-29-20/h2,4-5,8-9H,3,6-7,10-11H2,1H3,(H,24,26). The Balaban J connectivity index is 1.63. The minimum atomic E-state index is -0.410. The van der Waals surface area contributed by atoms with E-state index in [4.69, 9.17) is 44.3 Å². The van der Waals surface area contributed by atoms with Crippen molar-refractivity contribution in [1.29, 1.82) is 0 Å². The van der Waals surface area contributed by atoms with Crippen molar-refractivity contribution >= 4 is 52.3 Å². The molecule has 0 unspecified atom stereocenters. The number of hydrogen-bond acceptors (Lipinski definition) is 4. The van der Waals surface area contributed by atoms with E-state index in [0.717, 1.165) is 6.42 Å². The number of benzene rings is 2. The van der Waals surface area contributed by atoms with Crippen LogP contribution in [-0.4, -0.2) is 43.5 Å². The lowest BCUT2D eigenvalue weighted by molar-refractivity contribution is -0.132. The van der Waals surface area contributed by atoms with E-state index in [1.165, 1.54) is 4.90 Å². The first-order valence-corrected chi connectivity index (χ1v) is 10.0. The van der Waals surface area contributed by atoms with Gasteiger partial charge in [0.25, 0.3) is 0 Å². The number of carbonyl (C=O) groups is 2. The highest BCUT2D eigenvalue weighted by Crippen LogP contribution is 2.38. The van der Waals surface area contributed by atoms with E-state index in [1.807, 2.05) is 0 Å². The van der Waals surface area contributed by atoms with E-state index >= 15 is 0 Å². The molecular weight excluding hydrogens is 439 g/mol. The number of nitrogens with one attached hydrogen (secondary N) is 1. The zero-order valence-electron chi connectivity index (χ0n) is 15.6. The van der Waals surface area contributed by atoms with Crippen molar-refractivity contribution in [3.8, 4) is 11.5 Å². The topological polar surface area (TPSA) is 67.9 Å². The van der Waals surface area contributed by atoms with Crippen LogP contribution in [0.25, 0.3) is 0 Å². The zero-order chi connectivity index (χ0) is 21.0. The molecule has 1 aliphatic rings. The minimum Gasteiger partial charge on any atom is -0.489 e. The zero-order valence-corrected chi connectivity index (χ0v) is 17.9. The molecule has 1 aliphatic heterocycles. The number of halogens is 3. The number of rotatable bonds is 5. The largest absolute Gasteiger partial charge is 0.489 e.